The molecule has 0 radical (unpaired) electrons. The number of hydrogen-bond donors (Lipinski definition) is 1. The Bertz CT molecular complexity index is 1080. The Morgan fingerprint density at radius 2 is 1.44 bits per heavy atom. The molecule has 0 amide bonds. The van der Waals surface area contributed by atoms with Crippen LogP contribution in [0.5, 0.6) is 0 Å². The Morgan fingerprint density at radius 3 is 2.08 bits per heavy atom. The molecule has 1 heterocycles. The molecule has 1 saturated heterocycles. The van der Waals surface area contributed by atoms with Gasteiger partial charge >= 0.3 is 5.97 Å². The molecule has 52 heavy (non-hydrogen) atoms. The summed E-state index contributed by atoms with van der Waals surface area (Å²) in [6.45, 7) is 4.54. The molecule has 6 heteroatoms. The van der Waals surface area contributed by atoms with Crippen LogP contribution in [0.2, 0.25) is 0 Å². The maximum atomic E-state index is 12.8. The average molecular weight is 741 g/mol. The summed E-state index contributed by atoms with van der Waals surface area (Å²) < 4.78 is 16.2. The molecule has 0 bridgehead atoms. The number of carbonyl (C=O) groups is 1. The summed E-state index contributed by atoms with van der Waals surface area (Å²) in [4.78, 5) is 13.9. The maximum absolute atomic E-state index is 12.8. The Balaban J connectivity index is 1.44. The Hall–Kier alpha value is -1.78. The van der Waals surface area contributed by atoms with E-state index in [1.807, 2.05) is 31.2 Å². The third kappa shape index (κ3) is 22.4. The number of rotatable bonds is 33. The largest absolute Gasteiger partial charge is 0.462 e. The lowest BCUT2D eigenvalue weighted by atomic mass is 9.96. The summed E-state index contributed by atoms with van der Waals surface area (Å²) in [5.74, 6) is 6.47. The van der Waals surface area contributed by atoms with Crippen LogP contribution in [-0.4, -0.2) is 48.0 Å². The molecule has 0 aliphatic carbocycles. The Labute approximate surface area is 324 Å². The van der Waals surface area contributed by atoms with Gasteiger partial charge in [0.2, 0.25) is 0 Å². The first-order valence-electron chi connectivity index (χ1n) is 21.4. The number of aliphatic hydroxyl groups is 1. The molecule has 1 aromatic carbocycles. The van der Waals surface area contributed by atoms with Crippen molar-refractivity contribution in [2.75, 3.05) is 13.9 Å². The van der Waals surface area contributed by atoms with E-state index in [1.165, 1.54) is 89.9 Å². The van der Waals surface area contributed by atoms with Crippen molar-refractivity contribution in [3.05, 3.63) is 42.5 Å². The lowest BCUT2D eigenvalue weighted by molar-refractivity contribution is -0.142. The first kappa shape index (κ1) is 46.4. The minimum Gasteiger partial charge on any atom is -0.462 e. The molecule has 1 unspecified atom stereocenters. The number of thioether (sulfide) groups is 1. The van der Waals surface area contributed by atoms with Crippen molar-refractivity contribution < 1.29 is 24.1 Å². The number of aliphatic hydroxyl groups excluding tert-OH is 1. The minimum absolute atomic E-state index is 0.000734. The van der Waals surface area contributed by atoms with Gasteiger partial charge < -0.3 is 19.3 Å². The number of benzene rings is 1. The number of carbonyl (C=O) groups excluding carboxylic acids is 1. The van der Waals surface area contributed by atoms with Crippen molar-refractivity contribution in [2.24, 2.45) is 0 Å². The van der Waals surface area contributed by atoms with Crippen molar-refractivity contribution >= 4 is 17.7 Å². The van der Waals surface area contributed by atoms with Crippen molar-refractivity contribution in [3.8, 4) is 11.8 Å². The highest BCUT2D eigenvalue weighted by Gasteiger charge is 2.48. The first-order valence-corrected chi connectivity index (χ1v) is 22.2. The van der Waals surface area contributed by atoms with E-state index in [9.17, 15) is 9.90 Å². The highest BCUT2D eigenvalue weighted by Crippen LogP contribution is 2.45. The van der Waals surface area contributed by atoms with Crippen molar-refractivity contribution in [1.29, 1.82) is 0 Å². The van der Waals surface area contributed by atoms with Gasteiger partial charge in [0.15, 0.2) is 0 Å². The molecule has 296 valence electrons. The SMILES string of the molecule is CCCCCCCCCCCCCC[C@@H](OCOC)[C@H](O)CCCCCCCC#C/C=C/CCCCCCC1(Sc2ccccc2)C[C@H](C)OC1=O. The van der Waals surface area contributed by atoms with Gasteiger partial charge in [-0.2, -0.15) is 0 Å². The summed E-state index contributed by atoms with van der Waals surface area (Å²) in [5.41, 5.74) is 0. The fraction of sp³-hybridized carbons (Fsp3) is 0.761. The van der Waals surface area contributed by atoms with Gasteiger partial charge in [-0.15, -0.1) is 11.8 Å². The molecule has 4 atom stereocenters. The Morgan fingerprint density at radius 1 is 0.846 bits per heavy atom. The van der Waals surface area contributed by atoms with E-state index >= 15 is 0 Å². The highest BCUT2D eigenvalue weighted by atomic mass is 32.2. The lowest BCUT2D eigenvalue weighted by Crippen LogP contribution is -2.30. The van der Waals surface area contributed by atoms with E-state index in [0.29, 0.717) is 0 Å². The van der Waals surface area contributed by atoms with Crippen LogP contribution in [0, 0.1) is 11.8 Å². The molecule has 5 nitrogen and oxygen atoms in total. The second-order valence-electron chi connectivity index (χ2n) is 15.2. The molecule has 0 saturated carbocycles. The zero-order chi connectivity index (χ0) is 37.4. The second-order valence-corrected chi connectivity index (χ2v) is 16.6. The number of hydrogen-bond acceptors (Lipinski definition) is 6. The smallest absolute Gasteiger partial charge is 0.322 e. The standard InChI is InChI=1S/C46H76O5S/c1-4-5-6-7-8-9-10-17-20-23-26-32-37-44(50-40-49-3)43(47)36-31-25-22-19-16-14-12-11-13-15-18-21-24-27-33-38-46(39-41(2)51-45(46)48)52-42-34-29-28-30-35-42/h13,15,28-30,34-35,41,43-44,47H,4-10,14,16-27,31-33,36-40H2,1-3H3/b15-13+/t41-,43+,44+,46?/m0/s1. The van der Waals surface area contributed by atoms with Crippen LogP contribution >= 0.6 is 11.8 Å². The number of unbranched alkanes of at least 4 members (excludes halogenated alkanes) is 20. The van der Waals surface area contributed by atoms with Gasteiger partial charge in [-0.05, 0) is 63.7 Å². The Kier molecular flexibility index (Phi) is 28.1. The maximum Gasteiger partial charge on any atom is 0.322 e. The van der Waals surface area contributed by atoms with E-state index in [0.717, 1.165) is 88.4 Å². The van der Waals surface area contributed by atoms with Crippen LogP contribution in [-0.2, 0) is 19.0 Å². The molecule has 1 aromatic rings. The number of allylic oxidation sites excluding steroid dienone is 2. The summed E-state index contributed by atoms with van der Waals surface area (Å²) in [7, 11) is 1.65. The number of cyclic esters (lactones) is 1. The summed E-state index contributed by atoms with van der Waals surface area (Å²) in [6.07, 6.45) is 35.4. The zero-order valence-electron chi connectivity index (χ0n) is 33.6. The fourth-order valence-electron chi connectivity index (χ4n) is 7.24. The van der Waals surface area contributed by atoms with E-state index in [4.69, 9.17) is 14.2 Å². The molecule has 1 N–H and O–H groups in total. The van der Waals surface area contributed by atoms with E-state index in [1.54, 1.807) is 18.9 Å². The van der Waals surface area contributed by atoms with E-state index < -0.39 is 10.9 Å². The second kappa shape index (κ2) is 31.6. The van der Waals surface area contributed by atoms with Crippen molar-refractivity contribution in [3.63, 3.8) is 0 Å². The van der Waals surface area contributed by atoms with Crippen molar-refractivity contribution in [2.45, 2.75) is 215 Å². The van der Waals surface area contributed by atoms with Crippen LogP contribution in [0.15, 0.2) is 47.4 Å². The van der Waals surface area contributed by atoms with Gasteiger partial charge in [0.25, 0.3) is 0 Å². The lowest BCUT2D eigenvalue weighted by Gasteiger charge is -2.24. The molecular weight excluding hydrogens is 665 g/mol. The average Bonchev–Trinajstić information content (AvgIpc) is 3.42. The molecule has 1 aliphatic rings. The molecule has 1 aliphatic heterocycles. The van der Waals surface area contributed by atoms with Gasteiger partial charge in [-0.25, -0.2) is 0 Å². The van der Waals surface area contributed by atoms with Gasteiger partial charge in [-0.3, -0.25) is 4.79 Å². The quantitative estimate of drug-likeness (QED) is 0.0335. The van der Waals surface area contributed by atoms with E-state index in [2.05, 4.69) is 37.0 Å². The number of esters is 1. The number of methoxy groups -OCH3 is 1. The van der Waals surface area contributed by atoms with Crippen LogP contribution in [0.25, 0.3) is 0 Å². The predicted octanol–water partition coefficient (Wildman–Crippen LogP) is 12.9. The van der Waals surface area contributed by atoms with Gasteiger partial charge in [0.05, 0.1) is 12.2 Å². The molecule has 0 aromatic heterocycles. The topological polar surface area (TPSA) is 65.0 Å². The third-order valence-electron chi connectivity index (χ3n) is 10.3. The monoisotopic (exact) mass is 741 g/mol. The fourth-order valence-corrected chi connectivity index (χ4v) is 8.68. The van der Waals surface area contributed by atoms with Gasteiger partial charge in [-0.1, -0.05) is 165 Å². The molecule has 2 rings (SSSR count). The van der Waals surface area contributed by atoms with Gasteiger partial charge in [0.1, 0.15) is 17.6 Å². The summed E-state index contributed by atoms with van der Waals surface area (Å²) in [6, 6.07) is 10.3. The molecule has 1 fully saturated rings. The van der Waals surface area contributed by atoms with Crippen LogP contribution < -0.4 is 0 Å². The van der Waals surface area contributed by atoms with Crippen molar-refractivity contribution in [1.82, 2.24) is 0 Å². The normalized spacial score (nSPS) is 18.4. The first-order chi connectivity index (χ1) is 25.5. The minimum atomic E-state index is -0.437. The zero-order valence-corrected chi connectivity index (χ0v) is 34.4. The molecule has 0 spiro atoms. The molecular formula is C46H76O5S. The number of ether oxygens (including phenoxy) is 3. The van der Waals surface area contributed by atoms with E-state index in [-0.39, 0.29) is 25.0 Å². The van der Waals surface area contributed by atoms with Crippen LogP contribution in [0.1, 0.15) is 187 Å². The summed E-state index contributed by atoms with van der Waals surface area (Å²) >= 11 is 1.69. The third-order valence-corrected chi connectivity index (χ3v) is 11.8. The highest BCUT2D eigenvalue weighted by molar-refractivity contribution is 8.01. The van der Waals surface area contributed by atoms with Crippen LogP contribution in [0.3, 0.4) is 0 Å². The summed E-state index contributed by atoms with van der Waals surface area (Å²) in [5, 5.41) is 10.8. The van der Waals surface area contributed by atoms with Crippen LogP contribution in [0.4, 0.5) is 0 Å². The predicted molar refractivity (Wildman–Crippen MR) is 221 cm³/mol. The van der Waals surface area contributed by atoms with Gasteiger partial charge in [0, 0.05) is 24.8 Å².